The van der Waals surface area contributed by atoms with Crippen LogP contribution in [-0.2, 0) is 27.9 Å². The first kappa shape index (κ1) is 24.7. The van der Waals surface area contributed by atoms with E-state index in [4.69, 9.17) is 0 Å². The zero-order chi connectivity index (χ0) is 22.8. The predicted octanol–water partition coefficient (Wildman–Crippen LogP) is 5.20. The number of rotatable bonds is 13. The van der Waals surface area contributed by atoms with E-state index in [1.807, 2.05) is 30.3 Å². The van der Waals surface area contributed by atoms with Gasteiger partial charge in [0.2, 0.25) is 0 Å². The van der Waals surface area contributed by atoms with Gasteiger partial charge in [0, 0.05) is 12.6 Å². The van der Waals surface area contributed by atoms with Crippen molar-refractivity contribution in [3.63, 3.8) is 0 Å². The summed E-state index contributed by atoms with van der Waals surface area (Å²) in [5.74, 6) is 0. The Kier molecular flexibility index (Phi) is 9.55. The summed E-state index contributed by atoms with van der Waals surface area (Å²) in [4.78, 5) is 22.5. The SMILES string of the molecule is CCCCCCCCc1ccc(CNC2CCN[C@]2(C(=O)[P+](=O)O)c2ccccc2)cc1. The van der Waals surface area contributed by atoms with Crippen LogP contribution < -0.4 is 10.6 Å². The van der Waals surface area contributed by atoms with E-state index >= 15 is 0 Å². The zero-order valence-electron chi connectivity index (χ0n) is 19.1. The van der Waals surface area contributed by atoms with Crippen molar-refractivity contribution < 1.29 is 14.3 Å². The molecular formula is C26H36N2O3P+. The van der Waals surface area contributed by atoms with Crippen molar-refractivity contribution in [1.82, 2.24) is 10.6 Å². The fourth-order valence-electron chi connectivity index (χ4n) is 4.69. The highest BCUT2D eigenvalue weighted by Gasteiger charge is 2.58. The summed E-state index contributed by atoms with van der Waals surface area (Å²) < 4.78 is 11.8. The lowest BCUT2D eigenvalue weighted by Crippen LogP contribution is -2.55. The molecule has 3 rings (SSSR count). The van der Waals surface area contributed by atoms with Crippen molar-refractivity contribution >= 4 is 13.6 Å². The fourth-order valence-corrected chi connectivity index (χ4v) is 5.35. The Morgan fingerprint density at radius 2 is 1.69 bits per heavy atom. The van der Waals surface area contributed by atoms with E-state index in [0.717, 1.165) is 17.5 Å². The molecule has 1 aliphatic rings. The van der Waals surface area contributed by atoms with Gasteiger partial charge >= 0.3 is 13.6 Å². The van der Waals surface area contributed by atoms with Crippen molar-refractivity contribution in [2.75, 3.05) is 6.54 Å². The molecule has 6 heteroatoms. The van der Waals surface area contributed by atoms with E-state index in [9.17, 15) is 14.3 Å². The Labute approximate surface area is 192 Å². The van der Waals surface area contributed by atoms with Gasteiger partial charge in [-0.1, -0.05) is 93.6 Å². The molecule has 0 aliphatic carbocycles. The molecular weight excluding hydrogens is 419 g/mol. The predicted molar refractivity (Wildman–Crippen MR) is 130 cm³/mol. The average molecular weight is 456 g/mol. The summed E-state index contributed by atoms with van der Waals surface area (Å²) in [5.41, 5.74) is 1.39. The lowest BCUT2D eigenvalue weighted by atomic mass is 9.85. The van der Waals surface area contributed by atoms with Crippen LogP contribution in [0.5, 0.6) is 0 Å². The third-order valence-electron chi connectivity index (χ3n) is 6.49. The van der Waals surface area contributed by atoms with Gasteiger partial charge in [0.15, 0.2) is 5.54 Å². The summed E-state index contributed by atoms with van der Waals surface area (Å²) in [5, 5.41) is 6.74. The van der Waals surface area contributed by atoms with Crippen LogP contribution in [0.3, 0.4) is 0 Å². The van der Waals surface area contributed by atoms with Crippen LogP contribution in [0.25, 0.3) is 0 Å². The lowest BCUT2D eigenvalue weighted by Gasteiger charge is -2.30. The molecule has 0 spiro atoms. The van der Waals surface area contributed by atoms with Crippen molar-refractivity contribution in [2.24, 2.45) is 0 Å². The second-order valence-electron chi connectivity index (χ2n) is 8.74. The normalized spacial score (nSPS) is 20.9. The topological polar surface area (TPSA) is 78.4 Å². The first-order valence-corrected chi connectivity index (χ1v) is 13.1. The molecule has 0 radical (unpaired) electrons. The van der Waals surface area contributed by atoms with Gasteiger partial charge in [-0.15, -0.1) is 0 Å². The molecule has 0 saturated carbocycles. The molecule has 2 aromatic rings. The van der Waals surface area contributed by atoms with Crippen LogP contribution in [0.4, 0.5) is 0 Å². The maximum Gasteiger partial charge on any atom is 0.587 e. The number of unbranched alkanes of at least 4 members (excludes halogenated alkanes) is 5. The Bertz CT molecular complexity index is 872. The molecule has 3 atom stereocenters. The van der Waals surface area contributed by atoms with E-state index in [0.29, 0.717) is 19.5 Å². The summed E-state index contributed by atoms with van der Waals surface area (Å²) in [6, 6.07) is 17.7. The van der Waals surface area contributed by atoms with Crippen LogP contribution in [0.2, 0.25) is 0 Å². The van der Waals surface area contributed by atoms with Crippen LogP contribution in [0.15, 0.2) is 54.6 Å². The summed E-state index contributed by atoms with van der Waals surface area (Å²) >= 11 is 0. The molecule has 32 heavy (non-hydrogen) atoms. The van der Waals surface area contributed by atoms with Gasteiger partial charge < -0.3 is 5.32 Å². The molecule has 0 bridgehead atoms. The molecule has 5 nitrogen and oxygen atoms in total. The second-order valence-corrected chi connectivity index (χ2v) is 9.69. The number of hydrogen-bond acceptors (Lipinski definition) is 4. The molecule has 2 aromatic carbocycles. The fraction of sp³-hybridized carbons (Fsp3) is 0.500. The quantitative estimate of drug-likeness (QED) is 0.286. The van der Waals surface area contributed by atoms with Crippen molar-refractivity contribution in [3.05, 3.63) is 71.3 Å². The van der Waals surface area contributed by atoms with Gasteiger partial charge in [0.25, 0.3) is 0 Å². The first-order valence-electron chi connectivity index (χ1n) is 11.9. The minimum Gasteiger partial charge on any atom is -0.307 e. The first-order chi connectivity index (χ1) is 15.6. The molecule has 0 aromatic heterocycles. The summed E-state index contributed by atoms with van der Waals surface area (Å²) in [6.45, 7) is 3.46. The van der Waals surface area contributed by atoms with Gasteiger partial charge in [-0.3, -0.25) is 5.32 Å². The Morgan fingerprint density at radius 3 is 2.38 bits per heavy atom. The highest BCUT2D eigenvalue weighted by atomic mass is 31.1. The van der Waals surface area contributed by atoms with Gasteiger partial charge in [0.1, 0.15) is 0 Å². The third-order valence-corrected chi connectivity index (χ3v) is 7.19. The largest absolute Gasteiger partial charge is 0.587 e. The summed E-state index contributed by atoms with van der Waals surface area (Å²) in [7, 11) is -2.94. The van der Waals surface area contributed by atoms with Crippen LogP contribution in [-0.4, -0.2) is 23.0 Å². The molecule has 1 aliphatic heterocycles. The molecule has 1 heterocycles. The van der Waals surface area contributed by atoms with Gasteiger partial charge in [-0.2, -0.15) is 4.89 Å². The van der Waals surface area contributed by atoms with Crippen LogP contribution in [0.1, 0.15) is 68.6 Å². The van der Waals surface area contributed by atoms with E-state index in [-0.39, 0.29) is 6.04 Å². The number of aryl methyl sites for hydroxylation is 1. The molecule has 3 N–H and O–H groups in total. The molecule has 2 unspecified atom stereocenters. The minimum absolute atomic E-state index is 0.258. The second kappa shape index (κ2) is 12.4. The lowest BCUT2D eigenvalue weighted by molar-refractivity contribution is -0.118. The molecule has 1 saturated heterocycles. The number of hydrogen-bond donors (Lipinski definition) is 3. The Hall–Kier alpha value is -1.91. The third kappa shape index (κ3) is 6.11. The van der Waals surface area contributed by atoms with E-state index < -0.39 is 19.1 Å². The standard InChI is InChI=1S/C26H35N2O3P/c1-2-3-4-5-6-8-11-21-14-16-22(17-15-21)20-27-24-18-19-28-26(24,25(29)32(30)31)23-12-9-7-10-13-23/h7,9-10,12-17,24,27-28H,2-6,8,11,18-20H2,1H3/p+1/t24?,26-/m1/s1. The summed E-state index contributed by atoms with van der Waals surface area (Å²) in [6.07, 6.45) is 9.63. The van der Waals surface area contributed by atoms with Crippen molar-refractivity contribution in [2.45, 2.75) is 76.4 Å². The number of carbonyl (C=O) groups is 1. The molecule has 0 amide bonds. The van der Waals surface area contributed by atoms with E-state index in [1.165, 1.54) is 44.1 Å². The van der Waals surface area contributed by atoms with Gasteiger partial charge in [-0.05, 0) is 47.1 Å². The Morgan fingerprint density at radius 1 is 1.03 bits per heavy atom. The van der Waals surface area contributed by atoms with Gasteiger partial charge in [0.05, 0.1) is 0 Å². The zero-order valence-corrected chi connectivity index (χ0v) is 19.9. The molecule has 172 valence electrons. The monoisotopic (exact) mass is 455 g/mol. The van der Waals surface area contributed by atoms with Crippen molar-refractivity contribution in [3.8, 4) is 0 Å². The van der Waals surface area contributed by atoms with E-state index in [1.54, 1.807) is 0 Å². The van der Waals surface area contributed by atoms with E-state index in [2.05, 4.69) is 41.8 Å². The minimum atomic E-state index is -2.94. The number of benzene rings is 2. The highest BCUT2D eigenvalue weighted by molar-refractivity contribution is 7.58. The van der Waals surface area contributed by atoms with Crippen molar-refractivity contribution in [1.29, 1.82) is 0 Å². The maximum absolute atomic E-state index is 12.9. The number of carbonyl (C=O) groups excluding carboxylic acids is 1. The Balaban J connectivity index is 1.60. The van der Waals surface area contributed by atoms with Crippen LogP contribution >= 0.6 is 8.03 Å². The molecule has 1 fully saturated rings. The van der Waals surface area contributed by atoms with Gasteiger partial charge in [-0.25, -0.2) is 4.79 Å². The maximum atomic E-state index is 12.9. The smallest absolute Gasteiger partial charge is 0.307 e. The average Bonchev–Trinajstić information content (AvgIpc) is 3.25. The highest BCUT2D eigenvalue weighted by Crippen LogP contribution is 2.39. The van der Waals surface area contributed by atoms with Crippen LogP contribution in [0, 0.1) is 0 Å². The number of nitrogens with one attached hydrogen (secondary N) is 2.